The van der Waals surface area contributed by atoms with Crippen molar-refractivity contribution < 1.29 is 18.3 Å². The van der Waals surface area contributed by atoms with Crippen LogP contribution >= 0.6 is 0 Å². The highest BCUT2D eigenvalue weighted by molar-refractivity contribution is 5.68. The molecule has 20 heavy (non-hydrogen) atoms. The molecule has 0 bridgehead atoms. The molecule has 2 N–H and O–H groups in total. The summed E-state index contributed by atoms with van der Waals surface area (Å²) in [5.74, 6) is 0.300. The summed E-state index contributed by atoms with van der Waals surface area (Å²) in [4.78, 5) is 4.05. The molecule has 0 atom stereocenters. The first-order chi connectivity index (χ1) is 9.23. The van der Waals surface area contributed by atoms with E-state index in [1.807, 2.05) is 13.8 Å². The summed E-state index contributed by atoms with van der Waals surface area (Å²) in [6, 6.07) is 0.949. The van der Waals surface area contributed by atoms with E-state index in [0.717, 1.165) is 10.6 Å². The third kappa shape index (κ3) is 3.01. The first-order valence-electron chi connectivity index (χ1n) is 6.03. The Hall–Kier alpha value is -1.83. The van der Waals surface area contributed by atoms with E-state index < -0.39 is 17.4 Å². The molecule has 2 aromatic rings. The molecule has 5 nitrogen and oxygen atoms in total. The smallest absolute Gasteiger partial charge is 0.396 e. The third-order valence-electron chi connectivity index (χ3n) is 2.87. The zero-order valence-electron chi connectivity index (χ0n) is 11.1. The van der Waals surface area contributed by atoms with Crippen LogP contribution in [0.15, 0.2) is 18.5 Å². The van der Waals surface area contributed by atoms with Crippen molar-refractivity contribution in [1.82, 2.24) is 14.6 Å². The number of rotatable bonds is 4. The quantitative estimate of drug-likeness (QED) is 0.906. The van der Waals surface area contributed by atoms with Crippen LogP contribution in [0.1, 0.15) is 26.0 Å². The first-order valence-corrected chi connectivity index (χ1v) is 6.03. The van der Waals surface area contributed by atoms with Crippen LogP contribution < -0.4 is 5.32 Å². The molecule has 0 aliphatic carbocycles. The average molecular weight is 288 g/mol. The van der Waals surface area contributed by atoms with E-state index >= 15 is 0 Å². The molecule has 0 aliphatic heterocycles. The van der Waals surface area contributed by atoms with Crippen molar-refractivity contribution in [2.45, 2.75) is 32.0 Å². The zero-order chi connectivity index (χ0) is 15.0. The zero-order valence-corrected chi connectivity index (χ0v) is 11.1. The standard InChI is InChI=1S/C12H15F3N4O/c1-11(2,3-6-20)17-10-8-7-9(12(13,14)15)18-19(8)5-4-16-10/h4-5,7,20H,3,6H2,1-2H3,(H,16,17). The van der Waals surface area contributed by atoms with Crippen molar-refractivity contribution in [2.75, 3.05) is 11.9 Å². The molecule has 0 aromatic carbocycles. The van der Waals surface area contributed by atoms with Gasteiger partial charge in [-0.25, -0.2) is 9.50 Å². The highest BCUT2D eigenvalue weighted by Gasteiger charge is 2.34. The van der Waals surface area contributed by atoms with Crippen LogP contribution in [0, 0.1) is 0 Å². The molecule has 0 amide bonds. The predicted molar refractivity (Wildman–Crippen MR) is 67.4 cm³/mol. The monoisotopic (exact) mass is 288 g/mol. The second-order valence-corrected chi connectivity index (χ2v) is 5.12. The highest BCUT2D eigenvalue weighted by Crippen LogP contribution is 2.30. The topological polar surface area (TPSA) is 62.5 Å². The lowest BCUT2D eigenvalue weighted by molar-refractivity contribution is -0.141. The number of alkyl halides is 3. The number of fused-ring (bicyclic) bond motifs is 1. The minimum atomic E-state index is -4.50. The van der Waals surface area contributed by atoms with Gasteiger partial charge in [0.1, 0.15) is 5.52 Å². The van der Waals surface area contributed by atoms with Crippen molar-refractivity contribution in [2.24, 2.45) is 0 Å². The predicted octanol–water partition coefficient (Wildman–Crippen LogP) is 2.32. The number of halogens is 3. The first kappa shape index (κ1) is 14.6. The molecule has 0 unspecified atom stereocenters. The number of nitrogens with zero attached hydrogens (tertiary/aromatic N) is 3. The maximum absolute atomic E-state index is 12.7. The van der Waals surface area contributed by atoms with Crippen molar-refractivity contribution in [3.63, 3.8) is 0 Å². The lowest BCUT2D eigenvalue weighted by Crippen LogP contribution is -2.32. The minimum absolute atomic E-state index is 0.0316. The van der Waals surface area contributed by atoms with Gasteiger partial charge in [0.15, 0.2) is 11.5 Å². The van der Waals surface area contributed by atoms with Gasteiger partial charge in [0, 0.05) is 30.6 Å². The van der Waals surface area contributed by atoms with Gasteiger partial charge >= 0.3 is 6.18 Å². The van der Waals surface area contributed by atoms with Crippen molar-refractivity contribution in [1.29, 1.82) is 0 Å². The molecule has 2 aromatic heterocycles. The summed E-state index contributed by atoms with van der Waals surface area (Å²) in [5, 5.41) is 15.5. The van der Waals surface area contributed by atoms with Gasteiger partial charge in [-0.2, -0.15) is 18.3 Å². The van der Waals surface area contributed by atoms with Gasteiger partial charge in [-0.1, -0.05) is 0 Å². The van der Waals surface area contributed by atoms with Crippen LogP contribution in [-0.2, 0) is 6.18 Å². The molecule has 0 fully saturated rings. The average Bonchev–Trinajstić information content (AvgIpc) is 2.72. The van der Waals surface area contributed by atoms with Crippen molar-refractivity contribution in [3.05, 3.63) is 24.2 Å². The Morgan fingerprint density at radius 2 is 2.05 bits per heavy atom. The van der Waals surface area contributed by atoms with Gasteiger partial charge in [0.05, 0.1) is 0 Å². The van der Waals surface area contributed by atoms with E-state index in [1.54, 1.807) is 0 Å². The van der Waals surface area contributed by atoms with E-state index in [0.29, 0.717) is 12.2 Å². The summed E-state index contributed by atoms with van der Waals surface area (Å²) in [5.41, 5.74) is -1.22. The molecule has 2 rings (SSSR count). The molecule has 110 valence electrons. The molecule has 0 radical (unpaired) electrons. The minimum Gasteiger partial charge on any atom is -0.396 e. The number of aliphatic hydroxyl groups excluding tert-OH is 1. The lowest BCUT2D eigenvalue weighted by atomic mass is 10.0. The Balaban J connectivity index is 2.42. The van der Waals surface area contributed by atoms with E-state index in [-0.39, 0.29) is 12.1 Å². The highest BCUT2D eigenvalue weighted by atomic mass is 19.4. The normalized spacial score (nSPS) is 12.9. The SMILES string of the molecule is CC(C)(CCO)Nc1nccn2nc(C(F)(F)F)cc12. The number of hydrogen-bond acceptors (Lipinski definition) is 4. The number of aromatic nitrogens is 3. The van der Waals surface area contributed by atoms with Gasteiger partial charge in [0.25, 0.3) is 0 Å². The Kier molecular flexibility index (Phi) is 3.59. The van der Waals surface area contributed by atoms with Crippen molar-refractivity contribution in [3.8, 4) is 0 Å². The molecular formula is C12H15F3N4O. The maximum atomic E-state index is 12.7. The fraction of sp³-hybridized carbons (Fsp3) is 0.500. The van der Waals surface area contributed by atoms with Crippen LogP contribution in [-0.4, -0.2) is 31.9 Å². The molecule has 0 saturated carbocycles. The lowest BCUT2D eigenvalue weighted by Gasteiger charge is -2.26. The number of hydrogen-bond donors (Lipinski definition) is 2. The van der Waals surface area contributed by atoms with Gasteiger partial charge < -0.3 is 10.4 Å². The Morgan fingerprint density at radius 3 is 2.65 bits per heavy atom. The fourth-order valence-electron chi connectivity index (χ4n) is 1.82. The van der Waals surface area contributed by atoms with Crippen molar-refractivity contribution >= 4 is 11.3 Å². The summed E-state index contributed by atoms with van der Waals surface area (Å²) in [7, 11) is 0. The molecular weight excluding hydrogens is 273 g/mol. The summed E-state index contributed by atoms with van der Waals surface area (Å²) in [6.45, 7) is 3.63. The summed E-state index contributed by atoms with van der Waals surface area (Å²) < 4.78 is 39.1. The van der Waals surface area contributed by atoms with Crippen LogP contribution in [0.25, 0.3) is 5.52 Å². The van der Waals surface area contributed by atoms with E-state index in [9.17, 15) is 13.2 Å². The van der Waals surface area contributed by atoms with E-state index in [2.05, 4.69) is 15.4 Å². The largest absolute Gasteiger partial charge is 0.435 e. The summed E-state index contributed by atoms with van der Waals surface area (Å²) >= 11 is 0. The van der Waals surface area contributed by atoms with Crippen LogP contribution in [0.3, 0.4) is 0 Å². The number of anilines is 1. The second kappa shape index (κ2) is 4.93. The second-order valence-electron chi connectivity index (χ2n) is 5.12. The van der Waals surface area contributed by atoms with E-state index in [4.69, 9.17) is 5.11 Å². The Bertz CT molecular complexity index is 606. The third-order valence-corrected chi connectivity index (χ3v) is 2.87. The number of aliphatic hydroxyl groups is 1. The summed E-state index contributed by atoms with van der Waals surface area (Å²) in [6.07, 6.45) is -1.33. The van der Waals surface area contributed by atoms with Gasteiger partial charge in [-0.3, -0.25) is 0 Å². The van der Waals surface area contributed by atoms with Gasteiger partial charge in [0.2, 0.25) is 0 Å². The van der Waals surface area contributed by atoms with E-state index in [1.165, 1.54) is 12.4 Å². The Labute approximate surface area is 113 Å². The van der Waals surface area contributed by atoms with Crippen LogP contribution in [0.2, 0.25) is 0 Å². The number of nitrogens with one attached hydrogen (secondary N) is 1. The van der Waals surface area contributed by atoms with Crippen LogP contribution in [0.4, 0.5) is 19.0 Å². The molecule has 0 aliphatic rings. The maximum Gasteiger partial charge on any atom is 0.435 e. The fourth-order valence-corrected chi connectivity index (χ4v) is 1.82. The van der Waals surface area contributed by atoms with Gasteiger partial charge in [-0.05, 0) is 20.3 Å². The molecule has 0 spiro atoms. The molecule has 0 saturated heterocycles. The molecule has 2 heterocycles. The van der Waals surface area contributed by atoms with Gasteiger partial charge in [-0.15, -0.1) is 0 Å². The Morgan fingerprint density at radius 1 is 1.35 bits per heavy atom. The van der Waals surface area contributed by atoms with Crippen LogP contribution in [0.5, 0.6) is 0 Å². The molecule has 8 heteroatoms.